The molecule has 0 spiro atoms. The first-order valence-electron chi connectivity index (χ1n) is 7.40. The van der Waals surface area contributed by atoms with E-state index < -0.39 is 0 Å². The molecule has 0 aliphatic rings. The van der Waals surface area contributed by atoms with Crippen LogP contribution in [0.1, 0.15) is 11.1 Å². The standard InChI is InChI=1S/C18H17BrN2O2S/c19-16-6-3-7-17(10-16)23-12-18(22)21-8-9-24-13-15-5-2-1-4-14(15)11-20/h1-7,10H,8-9,12-13H2,(H,21,22). The van der Waals surface area contributed by atoms with Gasteiger partial charge in [0.2, 0.25) is 0 Å². The van der Waals surface area contributed by atoms with Crippen molar-refractivity contribution in [3.05, 3.63) is 64.1 Å². The number of nitriles is 1. The minimum Gasteiger partial charge on any atom is -0.484 e. The Kier molecular flexibility index (Phi) is 7.66. The van der Waals surface area contributed by atoms with Crippen LogP contribution in [0.5, 0.6) is 5.75 Å². The van der Waals surface area contributed by atoms with E-state index in [0.29, 0.717) is 17.9 Å². The largest absolute Gasteiger partial charge is 0.484 e. The van der Waals surface area contributed by atoms with Gasteiger partial charge in [-0.2, -0.15) is 17.0 Å². The summed E-state index contributed by atoms with van der Waals surface area (Å²) in [5.74, 6) is 2.05. The molecular formula is C18H17BrN2O2S. The van der Waals surface area contributed by atoms with Crippen molar-refractivity contribution in [3.8, 4) is 11.8 Å². The molecule has 2 aromatic carbocycles. The Hall–Kier alpha value is -1.97. The van der Waals surface area contributed by atoms with E-state index in [9.17, 15) is 4.79 Å². The number of carbonyl (C=O) groups is 1. The number of hydrogen-bond donors (Lipinski definition) is 1. The maximum Gasteiger partial charge on any atom is 0.257 e. The minimum absolute atomic E-state index is 0.00160. The van der Waals surface area contributed by atoms with Gasteiger partial charge in [0.1, 0.15) is 5.75 Å². The molecule has 0 radical (unpaired) electrons. The van der Waals surface area contributed by atoms with Crippen molar-refractivity contribution in [2.24, 2.45) is 0 Å². The Morgan fingerprint density at radius 3 is 2.88 bits per heavy atom. The van der Waals surface area contributed by atoms with Gasteiger partial charge in [0.05, 0.1) is 11.6 Å². The molecular weight excluding hydrogens is 388 g/mol. The number of halogens is 1. The molecule has 0 aromatic heterocycles. The molecule has 4 nitrogen and oxygen atoms in total. The number of carbonyl (C=O) groups excluding carboxylic acids is 1. The lowest BCUT2D eigenvalue weighted by atomic mass is 10.1. The van der Waals surface area contributed by atoms with Gasteiger partial charge in [0, 0.05) is 22.5 Å². The highest BCUT2D eigenvalue weighted by atomic mass is 79.9. The number of nitrogens with one attached hydrogen (secondary N) is 1. The fourth-order valence-corrected chi connectivity index (χ4v) is 3.20. The zero-order valence-electron chi connectivity index (χ0n) is 13.0. The molecule has 0 bridgehead atoms. The fraction of sp³-hybridized carbons (Fsp3) is 0.222. The van der Waals surface area contributed by atoms with Gasteiger partial charge in [-0.3, -0.25) is 4.79 Å². The molecule has 0 heterocycles. The van der Waals surface area contributed by atoms with Crippen LogP contribution in [0.3, 0.4) is 0 Å². The number of hydrogen-bond acceptors (Lipinski definition) is 4. The van der Waals surface area contributed by atoms with E-state index in [1.165, 1.54) is 0 Å². The average Bonchev–Trinajstić information content (AvgIpc) is 2.60. The van der Waals surface area contributed by atoms with Gasteiger partial charge in [-0.15, -0.1) is 0 Å². The fourth-order valence-electron chi connectivity index (χ4n) is 1.96. The average molecular weight is 405 g/mol. The SMILES string of the molecule is N#Cc1ccccc1CSCCNC(=O)COc1cccc(Br)c1. The smallest absolute Gasteiger partial charge is 0.257 e. The van der Waals surface area contributed by atoms with Gasteiger partial charge in [0.15, 0.2) is 6.61 Å². The van der Waals surface area contributed by atoms with Crippen LogP contribution in [0.2, 0.25) is 0 Å². The highest BCUT2D eigenvalue weighted by Gasteiger charge is 2.04. The molecule has 24 heavy (non-hydrogen) atoms. The first-order valence-corrected chi connectivity index (χ1v) is 9.34. The molecule has 0 fully saturated rings. The molecule has 6 heteroatoms. The number of amides is 1. The van der Waals surface area contributed by atoms with Gasteiger partial charge in [-0.25, -0.2) is 0 Å². The van der Waals surface area contributed by atoms with E-state index in [1.807, 2.05) is 42.5 Å². The number of thioether (sulfide) groups is 1. The Balaban J connectivity index is 1.62. The van der Waals surface area contributed by atoms with Crippen LogP contribution in [-0.4, -0.2) is 24.8 Å². The summed E-state index contributed by atoms with van der Waals surface area (Å²) >= 11 is 5.04. The lowest BCUT2D eigenvalue weighted by Crippen LogP contribution is -2.30. The lowest BCUT2D eigenvalue weighted by Gasteiger charge is -2.08. The van der Waals surface area contributed by atoms with Gasteiger partial charge in [-0.1, -0.05) is 40.2 Å². The van der Waals surface area contributed by atoms with Crippen molar-refractivity contribution >= 4 is 33.6 Å². The molecule has 0 saturated carbocycles. The first-order chi connectivity index (χ1) is 11.7. The molecule has 0 saturated heterocycles. The van der Waals surface area contributed by atoms with E-state index in [-0.39, 0.29) is 12.5 Å². The molecule has 2 rings (SSSR count). The zero-order valence-corrected chi connectivity index (χ0v) is 15.4. The Morgan fingerprint density at radius 2 is 2.08 bits per heavy atom. The van der Waals surface area contributed by atoms with Crippen molar-refractivity contribution in [1.82, 2.24) is 5.32 Å². The highest BCUT2D eigenvalue weighted by Crippen LogP contribution is 2.17. The summed E-state index contributed by atoms with van der Waals surface area (Å²) in [7, 11) is 0. The third kappa shape index (κ3) is 6.26. The maximum absolute atomic E-state index is 11.7. The molecule has 0 aliphatic carbocycles. The number of benzene rings is 2. The second-order valence-corrected chi connectivity index (χ2v) is 6.94. The maximum atomic E-state index is 11.7. The molecule has 2 aromatic rings. The van der Waals surface area contributed by atoms with Crippen molar-refractivity contribution < 1.29 is 9.53 Å². The van der Waals surface area contributed by atoms with E-state index in [4.69, 9.17) is 10.00 Å². The summed E-state index contributed by atoms with van der Waals surface area (Å²) in [4.78, 5) is 11.7. The van der Waals surface area contributed by atoms with Crippen LogP contribution in [0.15, 0.2) is 53.0 Å². The summed E-state index contributed by atoms with van der Waals surface area (Å²) in [5, 5.41) is 11.9. The van der Waals surface area contributed by atoms with Crippen LogP contribution >= 0.6 is 27.7 Å². The highest BCUT2D eigenvalue weighted by molar-refractivity contribution is 9.10. The normalized spacial score (nSPS) is 10.0. The summed E-state index contributed by atoms with van der Waals surface area (Å²) in [6.07, 6.45) is 0. The monoisotopic (exact) mass is 404 g/mol. The summed E-state index contributed by atoms with van der Waals surface area (Å²) in [6, 6.07) is 17.1. The third-order valence-electron chi connectivity index (χ3n) is 3.13. The second-order valence-electron chi connectivity index (χ2n) is 4.92. The summed E-state index contributed by atoms with van der Waals surface area (Å²) in [5.41, 5.74) is 1.73. The molecule has 124 valence electrons. The van der Waals surface area contributed by atoms with Gasteiger partial charge < -0.3 is 10.1 Å². The van der Waals surface area contributed by atoms with Crippen molar-refractivity contribution in [3.63, 3.8) is 0 Å². The molecule has 1 amide bonds. The number of ether oxygens (including phenoxy) is 1. The van der Waals surface area contributed by atoms with Crippen molar-refractivity contribution in [1.29, 1.82) is 5.26 Å². The van der Waals surface area contributed by atoms with E-state index >= 15 is 0 Å². The van der Waals surface area contributed by atoms with Crippen LogP contribution in [-0.2, 0) is 10.5 Å². The lowest BCUT2D eigenvalue weighted by molar-refractivity contribution is -0.122. The van der Waals surface area contributed by atoms with Gasteiger partial charge >= 0.3 is 0 Å². The molecule has 0 aliphatic heterocycles. The second kappa shape index (κ2) is 10.0. The molecule has 0 atom stereocenters. The predicted octanol–water partition coefficient (Wildman–Crippen LogP) is 3.75. The Labute approximate surface area is 154 Å². The van der Waals surface area contributed by atoms with Gasteiger partial charge in [-0.05, 0) is 29.8 Å². The van der Waals surface area contributed by atoms with Crippen LogP contribution < -0.4 is 10.1 Å². The van der Waals surface area contributed by atoms with Crippen molar-refractivity contribution in [2.45, 2.75) is 5.75 Å². The van der Waals surface area contributed by atoms with Gasteiger partial charge in [0.25, 0.3) is 5.91 Å². The summed E-state index contributed by atoms with van der Waals surface area (Å²) in [6.45, 7) is 0.568. The Bertz CT molecular complexity index is 731. The quantitative estimate of drug-likeness (QED) is 0.680. The van der Waals surface area contributed by atoms with Crippen molar-refractivity contribution in [2.75, 3.05) is 18.9 Å². The molecule has 0 unspecified atom stereocenters. The predicted molar refractivity (Wildman–Crippen MR) is 100.0 cm³/mol. The number of nitrogens with zero attached hydrogens (tertiary/aromatic N) is 1. The van der Waals surface area contributed by atoms with Crippen LogP contribution in [0, 0.1) is 11.3 Å². The van der Waals surface area contributed by atoms with E-state index in [2.05, 4.69) is 27.3 Å². The zero-order chi connectivity index (χ0) is 17.2. The van der Waals surface area contributed by atoms with Crippen LogP contribution in [0.4, 0.5) is 0 Å². The minimum atomic E-state index is -0.145. The van der Waals surface area contributed by atoms with E-state index in [1.54, 1.807) is 17.8 Å². The molecule has 1 N–H and O–H groups in total. The summed E-state index contributed by atoms with van der Waals surface area (Å²) < 4.78 is 6.33. The van der Waals surface area contributed by atoms with Crippen LogP contribution in [0.25, 0.3) is 0 Å². The van der Waals surface area contributed by atoms with E-state index in [0.717, 1.165) is 21.5 Å². The number of rotatable bonds is 8. The Morgan fingerprint density at radius 1 is 1.25 bits per heavy atom. The topological polar surface area (TPSA) is 62.1 Å². The third-order valence-corrected chi connectivity index (χ3v) is 4.63. The first kappa shape index (κ1) is 18.4.